The first-order valence-corrected chi connectivity index (χ1v) is 19.4. The van der Waals surface area contributed by atoms with Gasteiger partial charge in [0.1, 0.15) is 15.6 Å². The van der Waals surface area contributed by atoms with Gasteiger partial charge in [-0.15, -0.1) is 4.36 Å². The highest BCUT2D eigenvalue weighted by atomic mass is 35.5. The lowest BCUT2D eigenvalue weighted by atomic mass is 9.68. The van der Waals surface area contributed by atoms with Crippen LogP contribution in [0.3, 0.4) is 0 Å². The van der Waals surface area contributed by atoms with Crippen molar-refractivity contribution in [1.29, 1.82) is 0 Å². The molecule has 7 rings (SSSR count). The summed E-state index contributed by atoms with van der Waals surface area (Å²) in [6.07, 6.45) is 10.3. The van der Waals surface area contributed by atoms with Crippen LogP contribution in [0.5, 0.6) is 5.75 Å². The molecule has 2 saturated carbocycles. The first-order chi connectivity index (χ1) is 23.6. The van der Waals surface area contributed by atoms with E-state index in [0.29, 0.717) is 49.4 Å². The Balaban J connectivity index is 1.27. The fourth-order valence-electron chi connectivity index (χ4n) is 8.14. The van der Waals surface area contributed by atoms with Gasteiger partial charge in [0.05, 0.1) is 30.6 Å². The molecule has 1 spiro atoms. The molecule has 1 aromatic carbocycles. The smallest absolute Gasteiger partial charge is 0.327 e. The second kappa shape index (κ2) is 13.8. The zero-order valence-corrected chi connectivity index (χ0v) is 29.9. The minimum Gasteiger partial charge on any atom is -0.489 e. The molecule has 3 aliphatic carbocycles. The van der Waals surface area contributed by atoms with Gasteiger partial charge in [-0.3, -0.25) is 9.52 Å². The number of aryl methyl sites for hydroxylation is 1. The van der Waals surface area contributed by atoms with E-state index >= 15 is 0 Å². The summed E-state index contributed by atoms with van der Waals surface area (Å²) in [4.78, 5) is 33.9. The van der Waals surface area contributed by atoms with Crippen molar-refractivity contribution in [3.8, 4) is 5.75 Å². The third-order valence-corrected chi connectivity index (χ3v) is 13.2. The van der Waals surface area contributed by atoms with Crippen LogP contribution in [0.15, 0.2) is 46.8 Å². The van der Waals surface area contributed by atoms with E-state index in [1.54, 1.807) is 26.4 Å². The summed E-state index contributed by atoms with van der Waals surface area (Å²) < 4.78 is 38.9. The number of halogens is 1. The number of carbonyl (C=O) groups excluding carboxylic acids is 2. The maximum absolute atomic E-state index is 14.3. The number of allylic oxidation sites excluding steroid dienone is 1. The van der Waals surface area contributed by atoms with Crippen LogP contribution >= 0.6 is 11.6 Å². The second-order valence-corrected chi connectivity index (χ2v) is 16.9. The van der Waals surface area contributed by atoms with Gasteiger partial charge < -0.3 is 24.4 Å². The third kappa shape index (κ3) is 7.20. The second-order valence-electron chi connectivity index (χ2n) is 14.5. The van der Waals surface area contributed by atoms with E-state index < -0.39 is 21.9 Å². The van der Waals surface area contributed by atoms with E-state index in [-0.39, 0.29) is 41.0 Å². The Kier molecular flexibility index (Phi) is 9.68. The molecule has 49 heavy (non-hydrogen) atoms. The maximum Gasteiger partial charge on any atom is 0.327 e. The Morgan fingerprint density at radius 3 is 2.80 bits per heavy atom. The number of nitrogens with zero attached hydrogens (tertiary/aromatic N) is 3. The molecule has 1 unspecified atom stereocenters. The largest absolute Gasteiger partial charge is 0.489 e. The van der Waals surface area contributed by atoms with Crippen molar-refractivity contribution in [2.24, 2.45) is 22.1 Å². The minimum absolute atomic E-state index is 0.00923. The fraction of sp³-hybridized carbons (Fsp3) is 0.583. The normalized spacial score (nSPS) is 34.6. The van der Waals surface area contributed by atoms with E-state index in [4.69, 9.17) is 30.8 Å². The molecule has 3 heterocycles. The Morgan fingerprint density at radius 2 is 2.04 bits per heavy atom. The molecular formula is C36H46ClN5O6S. The van der Waals surface area contributed by atoms with Crippen molar-refractivity contribution in [2.75, 3.05) is 44.6 Å². The van der Waals surface area contributed by atoms with Gasteiger partial charge in [0, 0.05) is 37.7 Å². The van der Waals surface area contributed by atoms with Gasteiger partial charge in [0.25, 0.3) is 0 Å². The Hall–Kier alpha value is -3.19. The molecule has 0 radical (unpaired) electrons. The summed E-state index contributed by atoms with van der Waals surface area (Å²) in [5.74, 6) is 0.937. The average molecular weight is 712 g/mol. The number of benzene rings is 1. The fourth-order valence-corrected chi connectivity index (χ4v) is 10.2. The molecule has 2 fully saturated rings. The van der Waals surface area contributed by atoms with Crippen molar-refractivity contribution in [3.63, 3.8) is 0 Å². The number of urea groups is 1. The molecule has 11 nitrogen and oxygen atoms in total. The highest BCUT2D eigenvalue weighted by Crippen LogP contribution is 2.46. The summed E-state index contributed by atoms with van der Waals surface area (Å²) in [5.41, 5.74) is 2.25. The zero-order chi connectivity index (χ0) is 34.3. The van der Waals surface area contributed by atoms with E-state index in [1.165, 1.54) is 11.1 Å². The van der Waals surface area contributed by atoms with Gasteiger partial charge in [0.15, 0.2) is 11.6 Å². The van der Waals surface area contributed by atoms with E-state index in [1.807, 2.05) is 13.0 Å². The highest BCUT2D eigenvalue weighted by molar-refractivity contribution is 7.92. The Morgan fingerprint density at radius 1 is 1.18 bits per heavy atom. The van der Waals surface area contributed by atoms with Gasteiger partial charge in [-0.2, -0.15) is 0 Å². The molecule has 0 saturated heterocycles. The molecule has 3 amide bonds. The number of carbonyl (C=O) groups is 2. The van der Waals surface area contributed by atoms with Crippen molar-refractivity contribution < 1.29 is 28.0 Å². The van der Waals surface area contributed by atoms with Crippen molar-refractivity contribution in [3.05, 3.63) is 64.3 Å². The number of nitrogens with one attached hydrogen (secondary N) is 2. The monoisotopic (exact) mass is 711 g/mol. The lowest BCUT2D eigenvalue weighted by Crippen LogP contribution is -2.49. The predicted molar refractivity (Wildman–Crippen MR) is 189 cm³/mol. The molecule has 2 N–H and O–H groups in total. The predicted octanol–water partition coefficient (Wildman–Crippen LogP) is 5.46. The van der Waals surface area contributed by atoms with Crippen LogP contribution in [0.2, 0.25) is 5.02 Å². The van der Waals surface area contributed by atoms with Gasteiger partial charge in [-0.1, -0.05) is 36.7 Å². The van der Waals surface area contributed by atoms with Crippen molar-refractivity contribution >= 4 is 39.3 Å². The van der Waals surface area contributed by atoms with Crippen LogP contribution in [0.1, 0.15) is 67.1 Å². The van der Waals surface area contributed by atoms with Gasteiger partial charge in [-0.25, -0.2) is 14.0 Å². The highest BCUT2D eigenvalue weighted by Gasteiger charge is 2.45. The number of anilines is 1. The first-order valence-electron chi connectivity index (χ1n) is 17.4. The van der Waals surface area contributed by atoms with Crippen LogP contribution in [0, 0.1) is 17.8 Å². The molecule has 2 aromatic rings. The van der Waals surface area contributed by atoms with Crippen molar-refractivity contribution in [1.82, 2.24) is 15.0 Å². The molecule has 5 aliphatic rings. The summed E-state index contributed by atoms with van der Waals surface area (Å²) in [5, 5.41) is 3.51. The van der Waals surface area contributed by atoms with E-state index in [0.717, 1.165) is 43.7 Å². The standard InChI is InChI=1S/C36H46ClN5O6S/c1-22-6-4-8-30(46-2)26-11-9-24(26)18-42-20-36(15-5-7-23-16-25(37)10-12-27(23)36)21-48-31-14-13-28(38-33(31)42)34(43)40-49(45,19-22)41-35(44)39-29-17-32(29)47-3/h4,8,10,12-14,16,22,24,26,29-30,32H,5-7,9,11,15,17-21H2,1-3H3,(H2,39,40,41,43,44,45)/b8-4-/t22-,24-,26+,29-,30-,32-,36-,49?/m0/s1. The minimum atomic E-state index is -3.52. The molecule has 264 valence electrons. The van der Waals surface area contributed by atoms with Gasteiger partial charge in [0.2, 0.25) is 0 Å². The van der Waals surface area contributed by atoms with Crippen LogP contribution in [0.4, 0.5) is 10.6 Å². The Bertz CT molecular complexity index is 1760. The quantitative estimate of drug-likeness (QED) is 0.400. The first kappa shape index (κ1) is 34.3. The number of aromatic nitrogens is 1. The average Bonchev–Trinajstić information content (AvgIpc) is 3.83. The van der Waals surface area contributed by atoms with E-state index in [9.17, 15) is 13.8 Å². The van der Waals surface area contributed by atoms with Crippen LogP contribution < -0.4 is 19.7 Å². The lowest BCUT2D eigenvalue weighted by Gasteiger charge is -2.45. The number of amides is 3. The van der Waals surface area contributed by atoms with Gasteiger partial charge >= 0.3 is 11.9 Å². The van der Waals surface area contributed by atoms with E-state index in [2.05, 4.69) is 43.6 Å². The molecule has 2 bridgehead atoms. The molecule has 8 atom stereocenters. The van der Waals surface area contributed by atoms with Crippen molar-refractivity contribution in [2.45, 2.75) is 75.5 Å². The number of fused-ring (bicyclic) bond motifs is 4. The number of methoxy groups -OCH3 is 2. The molecular weight excluding hydrogens is 666 g/mol. The lowest BCUT2D eigenvalue weighted by molar-refractivity contribution is 0.0131. The maximum atomic E-state index is 14.3. The molecule has 1 aromatic heterocycles. The summed E-state index contributed by atoms with van der Waals surface area (Å²) in [6.45, 7) is 3.79. The number of rotatable bonds is 4. The summed E-state index contributed by atoms with van der Waals surface area (Å²) in [7, 11) is -0.189. The van der Waals surface area contributed by atoms with Gasteiger partial charge in [-0.05, 0) is 98.1 Å². The number of hydrogen-bond donors (Lipinski definition) is 2. The van der Waals surface area contributed by atoms with Crippen LogP contribution in [-0.4, -0.2) is 79.0 Å². The number of hydrogen-bond acceptors (Lipinski definition) is 8. The topological polar surface area (TPSA) is 131 Å². The van der Waals surface area contributed by atoms with Crippen LogP contribution in [0.25, 0.3) is 0 Å². The third-order valence-electron chi connectivity index (χ3n) is 10.9. The summed E-state index contributed by atoms with van der Waals surface area (Å²) >= 11 is 6.44. The zero-order valence-electron chi connectivity index (χ0n) is 28.4. The number of pyridine rings is 1. The number of ether oxygens (including phenoxy) is 3. The Labute approximate surface area is 293 Å². The SMILES string of the molecule is CO[C@H]1/C=C\C[C@H](C)CS(=O)(NC(=O)N[C@H]2C[C@@H]2OC)=NC(=O)c2ccc3c(n2)N(C[C@@H]2CC[C@H]21)C[C@@]1(CCCc2cc(Cl)ccc21)CO3. The molecule has 2 aliphatic heterocycles. The van der Waals surface area contributed by atoms with Crippen LogP contribution in [-0.2, 0) is 31.2 Å². The summed E-state index contributed by atoms with van der Waals surface area (Å²) in [6, 6.07) is 8.70. The molecule has 13 heteroatoms.